The lowest BCUT2D eigenvalue weighted by atomic mass is 9.77. The molecule has 0 N–H and O–H groups in total. The third-order valence-electron chi connectivity index (χ3n) is 5.75. The van der Waals surface area contributed by atoms with Crippen molar-refractivity contribution in [2.75, 3.05) is 6.61 Å². The summed E-state index contributed by atoms with van der Waals surface area (Å²) in [5.41, 5.74) is -0.0875. The van der Waals surface area contributed by atoms with Gasteiger partial charge in [-0.2, -0.15) is 0 Å². The maximum Gasteiger partial charge on any atom is 0.307 e. The maximum absolute atomic E-state index is 13.4. The number of piperidine rings is 1. The van der Waals surface area contributed by atoms with Gasteiger partial charge < -0.3 is 14.4 Å². The molecular formula is C22H31NO4. The monoisotopic (exact) mass is 373 g/mol. The Morgan fingerprint density at radius 3 is 2.56 bits per heavy atom. The molecule has 2 aliphatic rings. The van der Waals surface area contributed by atoms with Crippen LogP contribution in [0.3, 0.4) is 0 Å². The van der Waals surface area contributed by atoms with Gasteiger partial charge in [0.25, 0.3) is 0 Å². The molecule has 0 radical (unpaired) electrons. The first kappa shape index (κ1) is 19.9. The van der Waals surface area contributed by atoms with Crippen molar-refractivity contribution in [3.05, 3.63) is 35.9 Å². The van der Waals surface area contributed by atoms with E-state index in [-0.39, 0.29) is 36.2 Å². The van der Waals surface area contributed by atoms with E-state index < -0.39 is 11.3 Å². The standard InChI is InChI=1S/C22H31NO4/c1-6-17-12-16(13-19(24)27-21(2,3)4)20(25)23-18(14-26-22(17,23)5)15-10-8-7-9-11-15/h7-11,16-18H,6,12-14H2,1-5H3/t16-,17-,18+,22+/m1/s1. The van der Waals surface area contributed by atoms with E-state index in [0.29, 0.717) is 13.0 Å². The molecule has 1 amide bonds. The van der Waals surface area contributed by atoms with Crippen molar-refractivity contribution >= 4 is 11.9 Å². The molecule has 0 bridgehead atoms. The minimum atomic E-state index is -0.614. The van der Waals surface area contributed by atoms with Gasteiger partial charge in [-0.15, -0.1) is 0 Å². The van der Waals surface area contributed by atoms with Gasteiger partial charge in [-0.25, -0.2) is 0 Å². The Kier molecular flexibility index (Phi) is 5.35. The molecule has 0 aromatic heterocycles. The third kappa shape index (κ3) is 3.88. The third-order valence-corrected chi connectivity index (χ3v) is 5.75. The van der Waals surface area contributed by atoms with Gasteiger partial charge in [-0.3, -0.25) is 9.59 Å². The summed E-state index contributed by atoms with van der Waals surface area (Å²) in [5.74, 6) is -0.475. The van der Waals surface area contributed by atoms with Crippen LogP contribution in [0, 0.1) is 11.8 Å². The predicted octanol–water partition coefficient (Wildman–Crippen LogP) is 4.08. The number of carbonyl (C=O) groups is 2. The Hall–Kier alpha value is -1.88. The van der Waals surface area contributed by atoms with E-state index in [4.69, 9.17) is 9.47 Å². The van der Waals surface area contributed by atoms with Crippen molar-refractivity contribution in [1.29, 1.82) is 0 Å². The van der Waals surface area contributed by atoms with E-state index in [9.17, 15) is 9.59 Å². The highest BCUT2D eigenvalue weighted by Crippen LogP contribution is 2.49. The normalized spacial score (nSPS) is 30.9. The van der Waals surface area contributed by atoms with Gasteiger partial charge in [0, 0.05) is 11.8 Å². The fourth-order valence-corrected chi connectivity index (χ4v) is 4.47. The van der Waals surface area contributed by atoms with Gasteiger partial charge in [0.05, 0.1) is 19.1 Å². The fraction of sp³-hybridized carbons (Fsp3) is 0.636. The molecular weight excluding hydrogens is 342 g/mol. The summed E-state index contributed by atoms with van der Waals surface area (Å²) in [7, 11) is 0. The van der Waals surface area contributed by atoms with Gasteiger partial charge >= 0.3 is 5.97 Å². The number of amides is 1. The van der Waals surface area contributed by atoms with E-state index in [1.54, 1.807) is 0 Å². The molecule has 0 unspecified atom stereocenters. The summed E-state index contributed by atoms with van der Waals surface area (Å²) in [6, 6.07) is 9.89. The number of benzene rings is 1. The zero-order valence-electron chi connectivity index (χ0n) is 17.0. The number of fused-ring (bicyclic) bond motifs is 1. The Labute approximate surface area is 162 Å². The van der Waals surface area contributed by atoms with E-state index in [2.05, 4.69) is 6.92 Å². The van der Waals surface area contributed by atoms with E-state index >= 15 is 0 Å². The predicted molar refractivity (Wildman–Crippen MR) is 103 cm³/mol. The molecule has 2 aliphatic heterocycles. The molecule has 4 atom stereocenters. The van der Waals surface area contributed by atoms with Crippen LogP contribution in [0.5, 0.6) is 0 Å². The van der Waals surface area contributed by atoms with E-state index in [1.807, 2.05) is 62.9 Å². The topological polar surface area (TPSA) is 55.8 Å². The summed E-state index contributed by atoms with van der Waals surface area (Å²) >= 11 is 0. The number of esters is 1. The zero-order valence-corrected chi connectivity index (χ0v) is 17.0. The van der Waals surface area contributed by atoms with Crippen molar-refractivity contribution in [3.63, 3.8) is 0 Å². The lowest BCUT2D eigenvalue weighted by Gasteiger charge is -2.48. The highest BCUT2D eigenvalue weighted by atomic mass is 16.6. The minimum absolute atomic E-state index is 0.000544. The van der Waals surface area contributed by atoms with Gasteiger partial charge in [-0.1, -0.05) is 37.3 Å². The summed E-state index contributed by atoms with van der Waals surface area (Å²) in [6.07, 6.45) is 1.68. The van der Waals surface area contributed by atoms with Crippen molar-refractivity contribution in [2.45, 2.75) is 71.2 Å². The van der Waals surface area contributed by atoms with Crippen LogP contribution < -0.4 is 0 Å². The van der Waals surface area contributed by atoms with Crippen LogP contribution in [0.1, 0.15) is 65.5 Å². The number of rotatable bonds is 4. The summed E-state index contributed by atoms with van der Waals surface area (Å²) in [5, 5.41) is 0. The van der Waals surface area contributed by atoms with Gasteiger partial charge in [0.1, 0.15) is 11.3 Å². The van der Waals surface area contributed by atoms with Gasteiger partial charge in [0.15, 0.2) is 0 Å². The lowest BCUT2D eigenvalue weighted by Crippen LogP contribution is -2.58. The molecule has 5 nitrogen and oxygen atoms in total. The molecule has 0 aliphatic carbocycles. The molecule has 5 heteroatoms. The highest BCUT2D eigenvalue weighted by molar-refractivity contribution is 5.85. The quantitative estimate of drug-likeness (QED) is 0.746. The highest BCUT2D eigenvalue weighted by Gasteiger charge is 2.56. The summed E-state index contributed by atoms with van der Waals surface area (Å²) in [4.78, 5) is 27.7. The second-order valence-electron chi connectivity index (χ2n) is 8.83. The second kappa shape index (κ2) is 7.27. The first-order valence-electron chi connectivity index (χ1n) is 9.89. The summed E-state index contributed by atoms with van der Waals surface area (Å²) < 4.78 is 11.7. The zero-order chi connectivity index (χ0) is 19.8. The van der Waals surface area contributed by atoms with Crippen molar-refractivity contribution in [2.24, 2.45) is 11.8 Å². The average Bonchev–Trinajstić information content (AvgIpc) is 2.95. The molecule has 2 heterocycles. The fourth-order valence-electron chi connectivity index (χ4n) is 4.47. The number of nitrogens with zero attached hydrogens (tertiary/aromatic N) is 1. The molecule has 1 aromatic carbocycles. The summed E-state index contributed by atoms with van der Waals surface area (Å²) in [6.45, 7) is 10.2. The largest absolute Gasteiger partial charge is 0.460 e. The molecule has 0 spiro atoms. The molecule has 1 aromatic rings. The van der Waals surface area contributed by atoms with Crippen LogP contribution >= 0.6 is 0 Å². The number of hydrogen-bond donors (Lipinski definition) is 0. The average molecular weight is 373 g/mol. The molecule has 2 saturated heterocycles. The first-order chi connectivity index (χ1) is 12.7. The van der Waals surface area contributed by atoms with Crippen molar-refractivity contribution in [1.82, 2.24) is 4.90 Å². The maximum atomic E-state index is 13.4. The SMILES string of the molecule is CC[C@@H]1C[C@H](CC(=O)OC(C)(C)C)C(=O)N2[C@H](c3ccccc3)CO[C@@]12C. The molecule has 148 valence electrons. The number of hydrogen-bond acceptors (Lipinski definition) is 4. The Morgan fingerprint density at radius 2 is 1.96 bits per heavy atom. The van der Waals surface area contributed by atoms with Crippen molar-refractivity contribution < 1.29 is 19.1 Å². The number of ether oxygens (including phenoxy) is 2. The second-order valence-corrected chi connectivity index (χ2v) is 8.83. The Bertz CT molecular complexity index is 696. The van der Waals surface area contributed by atoms with Crippen LogP contribution in [-0.4, -0.2) is 34.7 Å². The first-order valence-corrected chi connectivity index (χ1v) is 9.89. The number of carbonyl (C=O) groups excluding carboxylic acids is 2. The molecule has 27 heavy (non-hydrogen) atoms. The van der Waals surface area contributed by atoms with E-state index in [0.717, 1.165) is 12.0 Å². The van der Waals surface area contributed by atoms with E-state index in [1.165, 1.54) is 0 Å². The molecule has 3 rings (SSSR count). The molecule has 0 saturated carbocycles. The molecule has 2 fully saturated rings. The lowest BCUT2D eigenvalue weighted by molar-refractivity contribution is -0.182. The van der Waals surface area contributed by atoms with Crippen LogP contribution in [0.15, 0.2) is 30.3 Å². The van der Waals surface area contributed by atoms with Crippen LogP contribution in [0.2, 0.25) is 0 Å². The van der Waals surface area contributed by atoms with Gasteiger partial charge in [-0.05, 0) is 46.1 Å². The van der Waals surface area contributed by atoms with Crippen molar-refractivity contribution in [3.8, 4) is 0 Å². The minimum Gasteiger partial charge on any atom is -0.460 e. The Morgan fingerprint density at radius 1 is 1.30 bits per heavy atom. The van der Waals surface area contributed by atoms with Crippen LogP contribution in [0.25, 0.3) is 0 Å². The Balaban J connectivity index is 1.86. The van der Waals surface area contributed by atoms with Crippen LogP contribution in [0.4, 0.5) is 0 Å². The smallest absolute Gasteiger partial charge is 0.307 e. The van der Waals surface area contributed by atoms with Crippen LogP contribution in [-0.2, 0) is 19.1 Å². The van der Waals surface area contributed by atoms with Gasteiger partial charge in [0.2, 0.25) is 5.91 Å².